The third-order valence-electron chi connectivity index (χ3n) is 2.90. The highest BCUT2D eigenvalue weighted by Gasteiger charge is 2.02. The van der Waals surface area contributed by atoms with E-state index in [1.54, 1.807) is 0 Å². The van der Waals surface area contributed by atoms with Crippen molar-refractivity contribution in [2.45, 2.75) is 26.2 Å². The number of hydrogen-bond donors (Lipinski definition) is 1. The number of carbonyl (C=O) groups is 1. The Morgan fingerprint density at radius 1 is 1.17 bits per heavy atom. The Bertz CT molecular complexity index is 357. The molecule has 0 atom stereocenters. The van der Waals surface area contributed by atoms with E-state index in [9.17, 15) is 4.79 Å². The van der Waals surface area contributed by atoms with Crippen LogP contribution in [-0.2, 0) is 17.6 Å². The van der Waals surface area contributed by atoms with Gasteiger partial charge >= 0.3 is 0 Å². The van der Waals surface area contributed by atoms with Gasteiger partial charge in [0.25, 0.3) is 0 Å². The quantitative estimate of drug-likeness (QED) is 0.747. The number of amides is 1. The Morgan fingerprint density at radius 2 is 1.78 bits per heavy atom. The minimum absolute atomic E-state index is 0.109. The lowest BCUT2D eigenvalue weighted by atomic mass is 10.1. The van der Waals surface area contributed by atoms with E-state index < -0.39 is 0 Å². The molecule has 1 aromatic rings. The van der Waals surface area contributed by atoms with E-state index in [1.165, 1.54) is 5.56 Å². The Labute approximate surface area is 110 Å². The van der Waals surface area contributed by atoms with Gasteiger partial charge in [-0.25, -0.2) is 0 Å². The van der Waals surface area contributed by atoms with E-state index in [-0.39, 0.29) is 5.91 Å². The fraction of sp³-hybridized carbons (Fsp3) is 0.533. The molecule has 0 heterocycles. The third kappa shape index (κ3) is 5.82. The summed E-state index contributed by atoms with van der Waals surface area (Å²) in [6, 6.07) is 8.26. The second-order valence-corrected chi connectivity index (χ2v) is 4.85. The lowest BCUT2D eigenvalue weighted by Crippen LogP contribution is -2.28. The van der Waals surface area contributed by atoms with Gasteiger partial charge in [0.1, 0.15) is 0 Å². The molecule has 0 unspecified atom stereocenters. The molecule has 0 saturated heterocycles. The van der Waals surface area contributed by atoms with Gasteiger partial charge in [0.2, 0.25) is 5.91 Å². The van der Waals surface area contributed by atoms with E-state index in [1.807, 2.05) is 26.2 Å². The third-order valence-corrected chi connectivity index (χ3v) is 2.90. The first-order valence-corrected chi connectivity index (χ1v) is 6.61. The first-order valence-electron chi connectivity index (χ1n) is 6.61. The normalized spacial score (nSPS) is 10.7. The van der Waals surface area contributed by atoms with E-state index in [4.69, 9.17) is 0 Å². The molecule has 0 radical (unpaired) electrons. The van der Waals surface area contributed by atoms with Crippen molar-refractivity contribution >= 4 is 5.91 Å². The van der Waals surface area contributed by atoms with Crippen molar-refractivity contribution in [2.24, 2.45) is 0 Å². The average molecular weight is 248 g/mol. The number of nitrogens with one attached hydrogen (secondary N) is 1. The number of aryl methyl sites for hydroxylation is 1. The Hall–Kier alpha value is -1.35. The van der Waals surface area contributed by atoms with Crippen LogP contribution in [0.1, 0.15) is 24.5 Å². The Morgan fingerprint density at radius 3 is 2.33 bits per heavy atom. The molecule has 1 aromatic carbocycles. The zero-order valence-corrected chi connectivity index (χ0v) is 11.7. The molecule has 0 aromatic heterocycles. The smallest absolute Gasteiger partial charge is 0.224 e. The van der Waals surface area contributed by atoms with Crippen LogP contribution in [0.2, 0.25) is 0 Å². The van der Waals surface area contributed by atoms with Gasteiger partial charge < -0.3 is 10.2 Å². The molecule has 0 spiro atoms. The Balaban J connectivity index is 2.26. The van der Waals surface area contributed by atoms with Crippen molar-refractivity contribution in [3.63, 3.8) is 0 Å². The Kier molecular flexibility index (Phi) is 6.44. The van der Waals surface area contributed by atoms with Crippen LogP contribution in [0.15, 0.2) is 24.3 Å². The van der Waals surface area contributed by atoms with Crippen molar-refractivity contribution < 1.29 is 4.79 Å². The van der Waals surface area contributed by atoms with Gasteiger partial charge in [-0.3, -0.25) is 4.79 Å². The molecule has 0 fully saturated rings. The summed E-state index contributed by atoms with van der Waals surface area (Å²) in [5.41, 5.74) is 2.39. The van der Waals surface area contributed by atoms with E-state index in [0.717, 1.165) is 31.5 Å². The molecule has 3 nitrogen and oxygen atoms in total. The molecular formula is C15H24N2O. The monoisotopic (exact) mass is 248 g/mol. The van der Waals surface area contributed by atoms with Crippen LogP contribution < -0.4 is 5.32 Å². The number of nitrogens with zero attached hydrogens (tertiary/aromatic N) is 1. The van der Waals surface area contributed by atoms with Gasteiger partial charge in [-0.1, -0.05) is 31.2 Å². The fourth-order valence-electron chi connectivity index (χ4n) is 1.76. The molecule has 1 rings (SSSR count). The second kappa shape index (κ2) is 7.88. The van der Waals surface area contributed by atoms with Crippen LogP contribution in [-0.4, -0.2) is 38.0 Å². The predicted octanol–water partition coefficient (Wildman–Crippen LogP) is 1.86. The number of benzene rings is 1. The van der Waals surface area contributed by atoms with Crippen LogP contribution in [0.4, 0.5) is 0 Å². The van der Waals surface area contributed by atoms with Gasteiger partial charge in [0.15, 0.2) is 0 Å². The van der Waals surface area contributed by atoms with Gasteiger partial charge in [-0.2, -0.15) is 0 Å². The molecule has 3 heteroatoms. The van der Waals surface area contributed by atoms with Gasteiger partial charge in [-0.15, -0.1) is 0 Å². The highest BCUT2D eigenvalue weighted by atomic mass is 16.1. The van der Waals surface area contributed by atoms with Crippen molar-refractivity contribution in [1.29, 1.82) is 0 Å². The van der Waals surface area contributed by atoms with Crippen molar-refractivity contribution in [3.8, 4) is 0 Å². The minimum Gasteiger partial charge on any atom is -0.356 e. The maximum Gasteiger partial charge on any atom is 0.224 e. The zero-order chi connectivity index (χ0) is 13.4. The largest absolute Gasteiger partial charge is 0.356 e. The SMILES string of the molecule is CCc1ccc(CC(=O)NCCCN(C)C)cc1. The van der Waals surface area contributed by atoms with Crippen molar-refractivity contribution in [1.82, 2.24) is 10.2 Å². The van der Waals surface area contributed by atoms with Crippen LogP contribution in [0.3, 0.4) is 0 Å². The molecule has 18 heavy (non-hydrogen) atoms. The van der Waals surface area contributed by atoms with Crippen molar-refractivity contribution in [2.75, 3.05) is 27.2 Å². The van der Waals surface area contributed by atoms with Gasteiger partial charge in [0, 0.05) is 6.54 Å². The zero-order valence-electron chi connectivity index (χ0n) is 11.7. The van der Waals surface area contributed by atoms with Crippen LogP contribution in [0.5, 0.6) is 0 Å². The summed E-state index contributed by atoms with van der Waals surface area (Å²) in [7, 11) is 4.08. The number of rotatable bonds is 7. The summed E-state index contributed by atoms with van der Waals surface area (Å²) in [6.45, 7) is 3.89. The van der Waals surface area contributed by atoms with E-state index in [2.05, 4.69) is 29.3 Å². The maximum absolute atomic E-state index is 11.7. The molecular weight excluding hydrogens is 224 g/mol. The first kappa shape index (κ1) is 14.7. The molecule has 0 aliphatic heterocycles. The predicted molar refractivity (Wildman–Crippen MR) is 75.7 cm³/mol. The number of hydrogen-bond acceptors (Lipinski definition) is 2. The molecule has 1 N–H and O–H groups in total. The molecule has 0 aliphatic carbocycles. The van der Waals surface area contributed by atoms with Crippen LogP contribution in [0.25, 0.3) is 0 Å². The van der Waals surface area contributed by atoms with Gasteiger partial charge in [0.05, 0.1) is 6.42 Å². The van der Waals surface area contributed by atoms with Crippen molar-refractivity contribution in [3.05, 3.63) is 35.4 Å². The summed E-state index contributed by atoms with van der Waals surface area (Å²) >= 11 is 0. The van der Waals surface area contributed by atoms with Crippen LogP contribution >= 0.6 is 0 Å². The summed E-state index contributed by atoms with van der Waals surface area (Å²) in [4.78, 5) is 13.8. The lowest BCUT2D eigenvalue weighted by Gasteiger charge is -2.10. The van der Waals surface area contributed by atoms with E-state index in [0.29, 0.717) is 6.42 Å². The average Bonchev–Trinajstić information content (AvgIpc) is 2.35. The number of carbonyl (C=O) groups excluding carboxylic acids is 1. The molecule has 0 aliphatic rings. The molecule has 100 valence electrons. The van der Waals surface area contributed by atoms with E-state index >= 15 is 0 Å². The standard InChI is InChI=1S/C15H24N2O/c1-4-13-6-8-14(9-7-13)12-15(18)16-10-5-11-17(2)3/h6-9H,4-5,10-12H2,1-3H3,(H,16,18). The maximum atomic E-state index is 11.7. The molecule has 1 amide bonds. The molecule has 0 bridgehead atoms. The lowest BCUT2D eigenvalue weighted by molar-refractivity contribution is -0.120. The highest BCUT2D eigenvalue weighted by Crippen LogP contribution is 2.05. The summed E-state index contributed by atoms with van der Waals surface area (Å²) in [5, 5.41) is 2.95. The van der Waals surface area contributed by atoms with Crippen LogP contribution in [0, 0.1) is 0 Å². The fourth-order valence-corrected chi connectivity index (χ4v) is 1.76. The molecule has 0 saturated carbocycles. The minimum atomic E-state index is 0.109. The second-order valence-electron chi connectivity index (χ2n) is 4.85. The summed E-state index contributed by atoms with van der Waals surface area (Å²) < 4.78 is 0. The highest BCUT2D eigenvalue weighted by molar-refractivity contribution is 5.78. The summed E-state index contributed by atoms with van der Waals surface area (Å²) in [6.07, 6.45) is 2.51. The van der Waals surface area contributed by atoms with Gasteiger partial charge in [-0.05, 0) is 44.6 Å². The summed E-state index contributed by atoms with van der Waals surface area (Å²) in [5.74, 6) is 0.109. The topological polar surface area (TPSA) is 32.3 Å². The first-order chi connectivity index (χ1) is 8.61.